The lowest BCUT2D eigenvalue weighted by atomic mass is 9.42. The SMILES string of the molecule is COc1ccc2c3c1O[C@H]1[C@H]4CC[C@@]5(CCN4C(=O)Cc4ncc[nH]4)[C@@H](C2)N(CC2CC2)CC[C@]315. The van der Waals surface area contributed by atoms with Crippen molar-refractivity contribution in [1.29, 1.82) is 0 Å². The van der Waals surface area contributed by atoms with Gasteiger partial charge in [-0.25, -0.2) is 4.98 Å². The van der Waals surface area contributed by atoms with Crippen LogP contribution in [0.15, 0.2) is 24.5 Å². The lowest BCUT2D eigenvalue weighted by Gasteiger charge is -2.66. The summed E-state index contributed by atoms with van der Waals surface area (Å²) >= 11 is 0. The molecular formula is C28H34N4O3. The van der Waals surface area contributed by atoms with E-state index in [1.807, 2.05) is 0 Å². The first-order valence-electron chi connectivity index (χ1n) is 13.5. The lowest BCUT2D eigenvalue weighted by Crippen LogP contribution is -2.72. The fraction of sp³-hybridized carbons (Fsp3) is 0.643. The fourth-order valence-electron chi connectivity index (χ4n) is 9.09. The molecule has 0 radical (unpaired) electrons. The van der Waals surface area contributed by atoms with E-state index in [2.05, 4.69) is 31.9 Å². The molecule has 1 aromatic carbocycles. The predicted octanol–water partition coefficient (Wildman–Crippen LogP) is 3.08. The molecule has 1 aromatic heterocycles. The maximum Gasteiger partial charge on any atom is 0.230 e. The molecule has 0 unspecified atom stereocenters. The Labute approximate surface area is 206 Å². The molecule has 5 fully saturated rings. The van der Waals surface area contributed by atoms with Gasteiger partial charge in [0.05, 0.1) is 19.6 Å². The Balaban J connectivity index is 1.27. The summed E-state index contributed by atoms with van der Waals surface area (Å²) in [4.78, 5) is 26.2. The van der Waals surface area contributed by atoms with Gasteiger partial charge in [0, 0.05) is 47.9 Å². The van der Waals surface area contributed by atoms with E-state index < -0.39 is 0 Å². The third-order valence-corrected chi connectivity index (χ3v) is 10.6. The third kappa shape index (κ3) is 2.55. The van der Waals surface area contributed by atoms with Crippen LogP contribution in [0.5, 0.6) is 11.5 Å². The molecule has 4 bridgehead atoms. The van der Waals surface area contributed by atoms with Crippen LogP contribution in [0.1, 0.15) is 55.5 Å². The van der Waals surface area contributed by atoms with E-state index in [-0.39, 0.29) is 28.9 Å². The molecule has 184 valence electrons. The number of nitrogens with one attached hydrogen (secondary N) is 1. The molecule has 5 heterocycles. The summed E-state index contributed by atoms with van der Waals surface area (Å²) in [6.07, 6.45) is 12.1. The number of hydrogen-bond donors (Lipinski definition) is 1. The fourth-order valence-corrected chi connectivity index (χ4v) is 9.09. The number of methoxy groups -OCH3 is 1. The molecule has 2 aromatic rings. The Morgan fingerprint density at radius 3 is 2.94 bits per heavy atom. The molecule has 1 amide bonds. The standard InChI is InChI=1S/C28H34N4O3/c1-34-20-5-4-18-14-21-27-7-6-19(32(13-8-27)23(33)15-22-29-10-11-30-22)26-28(27,24(18)25(20)35-26)9-12-31(21)16-17-2-3-17/h4-5,10-11,17,19,21,26H,2-3,6-9,12-16H2,1H3,(H,29,30)/t19-,21-,26+,27-,28+/m1/s1. The number of H-pyrrole nitrogens is 1. The van der Waals surface area contributed by atoms with Crippen LogP contribution in [0.4, 0.5) is 0 Å². The number of likely N-dealkylation sites (tertiary alicyclic amines) is 1. The molecule has 3 saturated heterocycles. The van der Waals surface area contributed by atoms with E-state index >= 15 is 0 Å². The maximum atomic E-state index is 13.7. The summed E-state index contributed by atoms with van der Waals surface area (Å²) < 4.78 is 12.8. The van der Waals surface area contributed by atoms with Crippen molar-refractivity contribution in [3.05, 3.63) is 41.5 Å². The first-order chi connectivity index (χ1) is 17.1. The highest BCUT2D eigenvalue weighted by Gasteiger charge is 2.74. The molecule has 1 N–H and O–H groups in total. The van der Waals surface area contributed by atoms with Crippen LogP contribution in [-0.4, -0.2) is 70.6 Å². The average molecular weight is 475 g/mol. The normalized spacial score (nSPS) is 36.5. The number of ether oxygens (including phenoxy) is 2. The average Bonchev–Trinajstić information content (AvgIpc) is 3.49. The van der Waals surface area contributed by atoms with E-state index in [0.29, 0.717) is 12.5 Å². The van der Waals surface area contributed by atoms with Gasteiger partial charge in [-0.15, -0.1) is 0 Å². The zero-order valence-corrected chi connectivity index (χ0v) is 20.5. The molecule has 9 rings (SSSR count). The minimum absolute atomic E-state index is 0.00947. The zero-order valence-electron chi connectivity index (χ0n) is 20.5. The Kier molecular flexibility index (Phi) is 4.14. The highest BCUT2D eigenvalue weighted by atomic mass is 16.5. The largest absolute Gasteiger partial charge is 0.493 e. The Morgan fingerprint density at radius 1 is 1.23 bits per heavy atom. The Bertz CT molecular complexity index is 1190. The number of aromatic nitrogens is 2. The van der Waals surface area contributed by atoms with Crippen molar-refractivity contribution >= 4 is 5.91 Å². The molecule has 2 spiro atoms. The summed E-state index contributed by atoms with van der Waals surface area (Å²) in [5.74, 6) is 3.64. The van der Waals surface area contributed by atoms with Crippen LogP contribution >= 0.6 is 0 Å². The number of benzene rings is 1. The summed E-state index contributed by atoms with van der Waals surface area (Å²) in [6.45, 7) is 3.22. The van der Waals surface area contributed by atoms with E-state index in [4.69, 9.17) is 9.47 Å². The van der Waals surface area contributed by atoms with E-state index in [0.717, 1.165) is 62.0 Å². The van der Waals surface area contributed by atoms with Gasteiger partial charge in [0.1, 0.15) is 11.9 Å². The minimum Gasteiger partial charge on any atom is -0.493 e. The number of imidazole rings is 1. The van der Waals surface area contributed by atoms with Gasteiger partial charge in [0.25, 0.3) is 0 Å². The summed E-state index contributed by atoms with van der Waals surface area (Å²) in [5, 5.41) is 0. The molecule has 2 saturated carbocycles. The molecule has 5 atom stereocenters. The minimum atomic E-state index is -0.0161. The number of nitrogens with zero attached hydrogens (tertiary/aromatic N) is 3. The quantitative estimate of drug-likeness (QED) is 0.721. The van der Waals surface area contributed by atoms with Crippen molar-refractivity contribution in [2.24, 2.45) is 11.3 Å². The predicted molar refractivity (Wildman–Crippen MR) is 130 cm³/mol. The zero-order chi connectivity index (χ0) is 23.4. The molecule has 4 aliphatic heterocycles. The molecule has 7 aliphatic rings. The number of aromatic amines is 1. The summed E-state index contributed by atoms with van der Waals surface area (Å²) in [5.41, 5.74) is 3.04. The third-order valence-electron chi connectivity index (χ3n) is 10.6. The highest BCUT2D eigenvalue weighted by Crippen LogP contribution is 2.71. The number of amides is 1. The molecular weight excluding hydrogens is 440 g/mol. The van der Waals surface area contributed by atoms with Crippen molar-refractivity contribution in [3.8, 4) is 11.5 Å². The van der Waals surface area contributed by atoms with Crippen molar-refractivity contribution in [2.75, 3.05) is 26.7 Å². The lowest BCUT2D eigenvalue weighted by molar-refractivity contribution is -0.143. The van der Waals surface area contributed by atoms with Gasteiger partial charge in [0.2, 0.25) is 5.91 Å². The van der Waals surface area contributed by atoms with Gasteiger partial charge in [-0.1, -0.05) is 6.07 Å². The van der Waals surface area contributed by atoms with Crippen LogP contribution < -0.4 is 9.47 Å². The number of carbonyl (C=O) groups is 1. The Morgan fingerprint density at radius 2 is 2.14 bits per heavy atom. The van der Waals surface area contributed by atoms with Crippen molar-refractivity contribution in [1.82, 2.24) is 19.8 Å². The van der Waals surface area contributed by atoms with Crippen LogP contribution in [0.3, 0.4) is 0 Å². The number of hydrogen-bond acceptors (Lipinski definition) is 5. The van der Waals surface area contributed by atoms with Crippen LogP contribution in [0, 0.1) is 11.3 Å². The molecule has 3 aliphatic carbocycles. The maximum absolute atomic E-state index is 13.7. The van der Waals surface area contributed by atoms with Crippen LogP contribution in [0.2, 0.25) is 0 Å². The second-order valence-corrected chi connectivity index (χ2v) is 11.9. The Hall–Kier alpha value is -2.54. The van der Waals surface area contributed by atoms with Gasteiger partial charge >= 0.3 is 0 Å². The van der Waals surface area contributed by atoms with Crippen LogP contribution in [0.25, 0.3) is 0 Å². The number of fused-ring (bicyclic) bond motifs is 3. The van der Waals surface area contributed by atoms with Crippen molar-refractivity contribution in [2.45, 2.75) is 75.0 Å². The second-order valence-electron chi connectivity index (χ2n) is 11.9. The molecule has 7 heteroatoms. The van der Waals surface area contributed by atoms with Gasteiger partial charge in [-0.05, 0) is 69.0 Å². The van der Waals surface area contributed by atoms with Gasteiger partial charge in [-0.2, -0.15) is 0 Å². The highest BCUT2D eigenvalue weighted by molar-refractivity contribution is 5.79. The van der Waals surface area contributed by atoms with E-state index in [1.165, 1.54) is 36.9 Å². The van der Waals surface area contributed by atoms with Gasteiger partial charge in [-0.3, -0.25) is 9.69 Å². The first-order valence-corrected chi connectivity index (χ1v) is 13.5. The summed E-state index contributed by atoms with van der Waals surface area (Å²) in [6, 6.07) is 5.06. The number of piperidine rings is 1. The smallest absolute Gasteiger partial charge is 0.230 e. The van der Waals surface area contributed by atoms with Crippen molar-refractivity contribution < 1.29 is 14.3 Å². The van der Waals surface area contributed by atoms with E-state index in [1.54, 1.807) is 19.5 Å². The monoisotopic (exact) mass is 474 g/mol. The topological polar surface area (TPSA) is 70.7 Å². The summed E-state index contributed by atoms with van der Waals surface area (Å²) in [7, 11) is 1.75. The number of carbonyl (C=O) groups excluding carboxylic acids is 1. The van der Waals surface area contributed by atoms with Gasteiger partial charge in [0.15, 0.2) is 11.5 Å². The van der Waals surface area contributed by atoms with Gasteiger partial charge < -0.3 is 19.4 Å². The number of rotatable bonds is 5. The molecule has 7 nitrogen and oxygen atoms in total. The second kappa shape index (κ2) is 7.02. The van der Waals surface area contributed by atoms with E-state index in [9.17, 15) is 4.79 Å². The van der Waals surface area contributed by atoms with Crippen molar-refractivity contribution in [3.63, 3.8) is 0 Å². The van der Waals surface area contributed by atoms with Crippen LogP contribution in [-0.2, 0) is 23.1 Å². The first kappa shape index (κ1) is 20.6. The molecule has 35 heavy (non-hydrogen) atoms.